The summed E-state index contributed by atoms with van der Waals surface area (Å²) < 4.78 is 16.8. The lowest BCUT2D eigenvalue weighted by Crippen LogP contribution is -2.30. The van der Waals surface area contributed by atoms with E-state index >= 15 is 0 Å². The molecule has 0 radical (unpaired) electrons. The molecule has 0 heterocycles. The zero-order valence-corrected chi connectivity index (χ0v) is 42.2. The van der Waals surface area contributed by atoms with Gasteiger partial charge in [-0.25, -0.2) is 0 Å². The molecule has 0 aromatic rings. The number of esters is 3. The first kappa shape index (κ1) is 60.4. The monoisotopic (exact) mass is 877 g/mol. The Hall–Kier alpha value is -1.59. The van der Waals surface area contributed by atoms with E-state index in [1.165, 1.54) is 225 Å². The van der Waals surface area contributed by atoms with Gasteiger partial charge >= 0.3 is 17.9 Å². The van der Waals surface area contributed by atoms with Gasteiger partial charge in [-0.3, -0.25) is 14.4 Å². The third-order valence-corrected chi connectivity index (χ3v) is 12.9. The Balaban J connectivity index is 4.24. The van der Waals surface area contributed by atoms with E-state index in [1.54, 1.807) is 0 Å². The molecule has 0 rings (SSSR count). The zero-order valence-electron chi connectivity index (χ0n) is 42.2. The van der Waals surface area contributed by atoms with Crippen LogP contribution in [0.4, 0.5) is 0 Å². The van der Waals surface area contributed by atoms with Crippen molar-refractivity contribution in [2.45, 2.75) is 329 Å². The normalized spacial score (nSPS) is 11.9. The van der Waals surface area contributed by atoms with Gasteiger partial charge in [-0.15, -0.1) is 0 Å². The van der Waals surface area contributed by atoms with E-state index in [1.807, 2.05) is 0 Å². The van der Waals surface area contributed by atoms with Crippen molar-refractivity contribution in [1.29, 1.82) is 0 Å². The standard InChI is InChI=1S/C56H108O6/c1-4-7-10-13-16-19-22-24-26-27-28-29-30-32-34-37-40-43-46-49-55(58)61-52-53(51-60-54(57)48-45-42-39-36-33-21-18-15-12-9-6-3)62-56(59)50-47-44-41-38-35-31-25-23-20-17-14-11-8-5-2/h53H,4-52H2,1-3H3/t53-/m1/s1. The fourth-order valence-corrected chi connectivity index (χ4v) is 8.62. The van der Waals surface area contributed by atoms with Crippen LogP contribution in [0.15, 0.2) is 0 Å². The summed E-state index contributed by atoms with van der Waals surface area (Å²) in [6.07, 6.45) is 56.6. The van der Waals surface area contributed by atoms with Crippen molar-refractivity contribution in [3.05, 3.63) is 0 Å². The highest BCUT2D eigenvalue weighted by Gasteiger charge is 2.19. The van der Waals surface area contributed by atoms with Crippen molar-refractivity contribution in [3.63, 3.8) is 0 Å². The molecule has 0 saturated carbocycles. The summed E-state index contributed by atoms with van der Waals surface area (Å²) in [7, 11) is 0. The summed E-state index contributed by atoms with van der Waals surface area (Å²) in [6, 6.07) is 0. The van der Waals surface area contributed by atoms with Crippen LogP contribution in [0.1, 0.15) is 323 Å². The van der Waals surface area contributed by atoms with Gasteiger partial charge in [-0.1, -0.05) is 284 Å². The van der Waals surface area contributed by atoms with Crippen LogP contribution in [-0.2, 0) is 28.6 Å². The number of carbonyl (C=O) groups excluding carboxylic acids is 3. The Morgan fingerprint density at radius 3 is 0.645 bits per heavy atom. The van der Waals surface area contributed by atoms with Gasteiger partial charge < -0.3 is 14.2 Å². The number of carbonyl (C=O) groups is 3. The molecule has 0 aliphatic rings. The van der Waals surface area contributed by atoms with E-state index in [-0.39, 0.29) is 31.1 Å². The third-order valence-electron chi connectivity index (χ3n) is 12.9. The molecule has 0 N–H and O–H groups in total. The first-order valence-corrected chi connectivity index (χ1v) is 28.0. The second-order valence-corrected chi connectivity index (χ2v) is 19.2. The Labute approximate surface area is 387 Å². The Morgan fingerprint density at radius 2 is 0.435 bits per heavy atom. The molecule has 0 unspecified atom stereocenters. The highest BCUT2D eigenvalue weighted by molar-refractivity contribution is 5.71. The van der Waals surface area contributed by atoms with Crippen LogP contribution in [0, 0.1) is 0 Å². The molecule has 62 heavy (non-hydrogen) atoms. The van der Waals surface area contributed by atoms with Crippen molar-refractivity contribution in [2.24, 2.45) is 0 Å². The second kappa shape index (κ2) is 52.0. The van der Waals surface area contributed by atoms with Crippen molar-refractivity contribution in [1.82, 2.24) is 0 Å². The van der Waals surface area contributed by atoms with E-state index in [0.29, 0.717) is 19.3 Å². The number of unbranched alkanes of at least 4 members (excludes halogenated alkanes) is 41. The molecule has 0 fully saturated rings. The van der Waals surface area contributed by atoms with Crippen LogP contribution in [0.3, 0.4) is 0 Å². The van der Waals surface area contributed by atoms with Gasteiger partial charge in [0.2, 0.25) is 0 Å². The van der Waals surface area contributed by atoms with Crippen molar-refractivity contribution >= 4 is 17.9 Å². The largest absolute Gasteiger partial charge is 0.462 e. The van der Waals surface area contributed by atoms with E-state index in [4.69, 9.17) is 14.2 Å². The lowest BCUT2D eigenvalue weighted by molar-refractivity contribution is -0.167. The van der Waals surface area contributed by atoms with Gasteiger partial charge in [0.15, 0.2) is 6.10 Å². The minimum atomic E-state index is -0.760. The number of rotatable bonds is 52. The molecule has 368 valence electrons. The Bertz CT molecular complexity index is 920. The van der Waals surface area contributed by atoms with Gasteiger partial charge in [0.25, 0.3) is 0 Å². The Kier molecular flexibility index (Phi) is 50.7. The molecule has 6 heteroatoms. The number of hydrogen-bond donors (Lipinski definition) is 0. The SMILES string of the molecule is CCCCCCCCCCCCCCCCCCCCCC(=O)OC[C@@H](COC(=O)CCCCCCCCCCCCC)OC(=O)CCCCCCCCCCCCCCCC. The third kappa shape index (κ3) is 49.4. The van der Waals surface area contributed by atoms with Gasteiger partial charge in [0, 0.05) is 19.3 Å². The van der Waals surface area contributed by atoms with E-state index in [9.17, 15) is 14.4 Å². The van der Waals surface area contributed by atoms with Crippen molar-refractivity contribution < 1.29 is 28.6 Å². The maximum Gasteiger partial charge on any atom is 0.306 e. The van der Waals surface area contributed by atoms with E-state index < -0.39 is 6.10 Å². The molecule has 0 bridgehead atoms. The molecule has 0 saturated heterocycles. The molecule has 0 aliphatic heterocycles. The first-order chi connectivity index (χ1) is 30.5. The molecule has 0 spiro atoms. The van der Waals surface area contributed by atoms with Gasteiger partial charge in [0.05, 0.1) is 0 Å². The van der Waals surface area contributed by atoms with Gasteiger partial charge in [-0.05, 0) is 19.3 Å². The highest BCUT2D eigenvalue weighted by Crippen LogP contribution is 2.17. The smallest absolute Gasteiger partial charge is 0.306 e. The van der Waals surface area contributed by atoms with Crippen LogP contribution in [-0.4, -0.2) is 37.2 Å². The van der Waals surface area contributed by atoms with Crippen LogP contribution in [0.25, 0.3) is 0 Å². The average molecular weight is 877 g/mol. The summed E-state index contributed by atoms with van der Waals surface area (Å²) >= 11 is 0. The highest BCUT2D eigenvalue weighted by atomic mass is 16.6. The number of hydrogen-bond acceptors (Lipinski definition) is 6. The molecule has 0 aliphatic carbocycles. The quantitative estimate of drug-likeness (QED) is 0.0344. The lowest BCUT2D eigenvalue weighted by Gasteiger charge is -2.18. The summed E-state index contributed by atoms with van der Waals surface area (Å²) in [4.78, 5) is 38.0. The summed E-state index contributed by atoms with van der Waals surface area (Å²) in [5, 5.41) is 0. The fourth-order valence-electron chi connectivity index (χ4n) is 8.62. The molecule has 0 amide bonds. The minimum Gasteiger partial charge on any atom is -0.462 e. The molecule has 0 aromatic carbocycles. The van der Waals surface area contributed by atoms with Crippen LogP contribution < -0.4 is 0 Å². The van der Waals surface area contributed by atoms with Gasteiger partial charge in [-0.2, -0.15) is 0 Å². The fraction of sp³-hybridized carbons (Fsp3) is 0.946. The van der Waals surface area contributed by atoms with Crippen molar-refractivity contribution in [3.8, 4) is 0 Å². The maximum atomic E-state index is 12.8. The van der Waals surface area contributed by atoms with Crippen LogP contribution >= 0.6 is 0 Å². The molecular formula is C56H108O6. The predicted molar refractivity (Wildman–Crippen MR) is 266 cm³/mol. The topological polar surface area (TPSA) is 78.9 Å². The summed E-state index contributed by atoms with van der Waals surface area (Å²) in [5.41, 5.74) is 0. The molecular weight excluding hydrogens is 769 g/mol. The molecule has 6 nitrogen and oxygen atoms in total. The maximum absolute atomic E-state index is 12.8. The van der Waals surface area contributed by atoms with E-state index in [0.717, 1.165) is 57.8 Å². The average Bonchev–Trinajstić information content (AvgIpc) is 3.27. The Morgan fingerprint density at radius 1 is 0.258 bits per heavy atom. The van der Waals surface area contributed by atoms with Crippen LogP contribution in [0.5, 0.6) is 0 Å². The lowest BCUT2D eigenvalue weighted by atomic mass is 10.0. The predicted octanol–water partition coefficient (Wildman–Crippen LogP) is 18.4. The zero-order chi connectivity index (χ0) is 45.1. The molecule has 1 atom stereocenters. The summed E-state index contributed by atoms with van der Waals surface area (Å²) in [5.74, 6) is -0.836. The van der Waals surface area contributed by atoms with Crippen LogP contribution in [0.2, 0.25) is 0 Å². The minimum absolute atomic E-state index is 0.0613. The number of ether oxygens (including phenoxy) is 3. The van der Waals surface area contributed by atoms with Crippen molar-refractivity contribution in [2.75, 3.05) is 13.2 Å². The first-order valence-electron chi connectivity index (χ1n) is 28.0. The molecule has 0 aromatic heterocycles. The van der Waals surface area contributed by atoms with E-state index in [2.05, 4.69) is 20.8 Å². The second-order valence-electron chi connectivity index (χ2n) is 19.2. The van der Waals surface area contributed by atoms with Gasteiger partial charge in [0.1, 0.15) is 13.2 Å². The summed E-state index contributed by atoms with van der Waals surface area (Å²) in [6.45, 7) is 6.69.